The van der Waals surface area contributed by atoms with Gasteiger partial charge in [-0.3, -0.25) is 0 Å². The van der Waals surface area contributed by atoms with Crippen molar-refractivity contribution < 1.29 is 13.5 Å². The van der Waals surface area contributed by atoms with Crippen LogP contribution in [0.25, 0.3) is 0 Å². The first-order valence-corrected chi connectivity index (χ1v) is 4.69. The van der Waals surface area contributed by atoms with Crippen LogP contribution in [0.1, 0.15) is 11.1 Å². The summed E-state index contributed by atoms with van der Waals surface area (Å²) in [4.78, 5) is 0. The molecule has 0 amide bonds. The Balaban J connectivity index is 3.15. The zero-order valence-corrected chi connectivity index (χ0v) is 9.10. The molecule has 84 valence electrons. The van der Waals surface area contributed by atoms with E-state index < -0.39 is 12.5 Å². The van der Waals surface area contributed by atoms with Gasteiger partial charge in [0, 0.05) is 0 Å². The average Bonchev–Trinajstić information content (AvgIpc) is 2.17. The van der Waals surface area contributed by atoms with Gasteiger partial charge in [0.15, 0.2) is 0 Å². The van der Waals surface area contributed by atoms with Crippen LogP contribution in [0.15, 0.2) is 18.2 Å². The van der Waals surface area contributed by atoms with Gasteiger partial charge in [-0.05, 0) is 26.1 Å². The molecule has 0 saturated carbocycles. The summed E-state index contributed by atoms with van der Waals surface area (Å²) in [6, 6.07) is 4.77. The third kappa shape index (κ3) is 2.65. The van der Waals surface area contributed by atoms with E-state index in [0.717, 1.165) is 5.56 Å². The fraction of sp³-hybridized carbons (Fsp3) is 0.455. The number of hydrogen-bond acceptors (Lipinski definition) is 2. The summed E-state index contributed by atoms with van der Waals surface area (Å²) in [6.45, 7) is 1.38. The van der Waals surface area contributed by atoms with Crippen LogP contribution in [0.2, 0.25) is 0 Å². The third-order valence-electron chi connectivity index (χ3n) is 2.15. The topological polar surface area (TPSA) is 21.3 Å². The Labute approximate surface area is 88.3 Å². The fourth-order valence-corrected chi connectivity index (χ4v) is 1.42. The summed E-state index contributed by atoms with van der Waals surface area (Å²) in [5.41, 5.74) is 0.723. The third-order valence-corrected chi connectivity index (χ3v) is 2.15. The number of hydrogen-bond donors (Lipinski definition) is 1. The van der Waals surface area contributed by atoms with Crippen molar-refractivity contribution in [3.05, 3.63) is 29.3 Å². The summed E-state index contributed by atoms with van der Waals surface area (Å²) >= 11 is 0. The smallest absolute Gasteiger partial charge is 0.288 e. The molecule has 1 N–H and O–H groups in total. The summed E-state index contributed by atoms with van der Waals surface area (Å²) in [5.74, 6) is -2.69. The Morgan fingerprint density at radius 1 is 1.40 bits per heavy atom. The number of benzene rings is 1. The van der Waals surface area contributed by atoms with Crippen LogP contribution in [0.5, 0.6) is 5.75 Å². The first kappa shape index (κ1) is 11.9. The van der Waals surface area contributed by atoms with Crippen molar-refractivity contribution in [3.63, 3.8) is 0 Å². The normalized spacial score (nSPS) is 11.5. The monoisotopic (exact) mass is 215 g/mol. The van der Waals surface area contributed by atoms with Gasteiger partial charge in [0.25, 0.3) is 5.92 Å². The van der Waals surface area contributed by atoms with Crippen LogP contribution in [-0.4, -0.2) is 20.7 Å². The van der Waals surface area contributed by atoms with Crippen molar-refractivity contribution in [1.82, 2.24) is 5.32 Å². The Morgan fingerprint density at radius 3 is 2.60 bits per heavy atom. The molecule has 0 atom stereocenters. The highest BCUT2D eigenvalue weighted by atomic mass is 19.3. The van der Waals surface area contributed by atoms with E-state index in [1.807, 2.05) is 0 Å². The molecule has 0 heterocycles. The maximum absolute atomic E-state index is 13.6. The lowest BCUT2D eigenvalue weighted by Gasteiger charge is -2.19. The van der Waals surface area contributed by atoms with Gasteiger partial charge < -0.3 is 10.1 Å². The van der Waals surface area contributed by atoms with Crippen molar-refractivity contribution in [3.8, 4) is 5.75 Å². The Morgan fingerprint density at radius 2 is 2.07 bits per heavy atom. The lowest BCUT2D eigenvalue weighted by molar-refractivity contribution is -0.00346. The minimum atomic E-state index is -2.91. The Kier molecular flexibility index (Phi) is 3.63. The van der Waals surface area contributed by atoms with E-state index in [1.54, 1.807) is 19.1 Å². The molecule has 0 radical (unpaired) electrons. The lowest BCUT2D eigenvalue weighted by atomic mass is 10.0. The van der Waals surface area contributed by atoms with E-state index in [2.05, 4.69) is 5.32 Å². The van der Waals surface area contributed by atoms with Crippen LogP contribution in [0.4, 0.5) is 8.78 Å². The molecule has 0 saturated heterocycles. The highest BCUT2D eigenvalue weighted by Gasteiger charge is 2.33. The van der Waals surface area contributed by atoms with Crippen LogP contribution in [-0.2, 0) is 5.92 Å². The Hall–Kier alpha value is -1.16. The molecular formula is C11H15F2NO. The van der Waals surface area contributed by atoms with E-state index in [1.165, 1.54) is 20.2 Å². The summed E-state index contributed by atoms with van der Waals surface area (Å²) in [6.07, 6.45) is 0. The van der Waals surface area contributed by atoms with E-state index in [4.69, 9.17) is 4.74 Å². The molecule has 0 aromatic heterocycles. The second kappa shape index (κ2) is 4.57. The fourth-order valence-electron chi connectivity index (χ4n) is 1.42. The molecule has 0 aliphatic heterocycles. The first-order valence-electron chi connectivity index (χ1n) is 4.69. The van der Waals surface area contributed by atoms with Gasteiger partial charge >= 0.3 is 0 Å². The number of nitrogens with one attached hydrogen (secondary N) is 1. The molecule has 0 spiro atoms. The maximum atomic E-state index is 13.6. The van der Waals surface area contributed by atoms with Gasteiger partial charge in [0.2, 0.25) is 0 Å². The van der Waals surface area contributed by atoms with Gasteiger partial charge in [-0.2, -0.15) is 8.78 Å². The van der Waals surface area contributed by atoms with Crippen molar-refractivity contribution in [2.24, 2.45) is 0 Å². The minimum absolute atomic E-state index is 0.0700. The molecular weight excluding hydrogens is 200 g/mol. The molecule has 15 heavy (non-hydrogen) atoms. The van der Waals surface area contributed by atoms with Crippen LogP contribution < -0.4 is 10.1 Å². The molecule has 1 aromatic rings. The van der Waals surface area contributed by atoms with Crippen LogP contribution >= 0.6 is 0 Å². The van der Waals surface area contributed by atoms with Crippen LogP contribution in [0, 0.1) is 6.92 Å². The van der Waals surface area contributed by atoms with Gasteiger partial charge in [0.05, 0.1) is 19.2 Å². The first-order chi connectivity index (χ1) is 7.01. The molecule has 2 nitrogen and oxygen atoms in total. The molecule has 4 heteroatoms. The predicted octanol–water partition coefficient (Wildman–Crippen LogP) is 2.31. The summed E-state index contributed by atoms with van der Waals surface area (Å²) in [7, 11) is 2.89. The number of ether oxygens (including phenoxy) is 1. The van der Waals surface area contributed by atoms with Crippen molar-refractivity contribution in [2.75, 3.05) is 20.7 Å². The molecule has 0 unspecified atom stereocenters. The maximum Gasteiger partial charge on any atom is 0.288 e. The molecule has 0 bridgehead atoms. The van der Waals surface area contributed by atoms with E-state index in [-0.39, 0.29) is 11.3 Å². The predicted molar refractivity (Wildman–Crippen MR) is 55.6 cm³/mol. The SMILES string of the molecule is CNCC(F)(F)c1cc(C)ccc1OC. The molecule has 0 aliphatic carbocycles. The number of alkyl halides is 2. The largest absolute Gasteiger partial charge is 0.496 e. The standard InChI is InChI=1S/C11H15F2NO/c1-8-4-5-10(15-3)9(6-8)11(12,13)7-14-2/h4-6,14H,7H2,1-3H3. The Bertz CT molecular complexity index is 339. The van der Waals surface area contributed by atoms with E-state index in [9.17, 15) is 8.78 Å². The quantitative estimate of drug-likeness (QED) is 0.832. The van der Waals surface area contributed by atoms with E-state index >= 15 is 0 Å². The number of rotatable bonds is 4. The van der Waals surface area contributed by atoms with Crippen molar-refractivity contribution in [2.45, 2.75) is 12.8 Å². The van der Waals surface area contributed by atoms with Crippen molar-refractivity contribution in [1.29, 1.82) is 0 Å². The highest BCUT2D eigenvalue weighted by Crippen LogP contribution is 2.34. The molecule has 1 aromatic carbocycles. The highest BCUT2D eigenvalue weighted by molar-refractivity contribution is 5.40. The second-order valence-corrected chi connectivity index (χ2v) is 3.44. The summed E-state index contributed by atoms with van der Waals surface area (Å²) in [5, 5.41) is 2.47. The molecule has 0 fully saturated rings. The van der Waals surface area contributed by atoms with Gasteiger partial charge in [0.1, 0.15) is 5.75 Å². The average molecular weight is 215 g/mol. The van der Waals surface area contributed by atoms with Crippen molar-refractivity contribution >= 4 is 0 Å². The molecule has 0 aliphatic rings. The number of halogens is 2. The minimum Gasteiger partial charge on any atom is -0.496 e. The van der Waals surface area contributed by atoms with Gasteiger partial charge in [-0.1, -0.05) is 11.6 Å². The van der Waals surface area contributed by atoms with E-state index in [0.29, 0.717) is 0 Å². The lowest BCUT2D eigenvalue weighted by Crippen LogP contribution is -2.28. The summed E-state index contributed by atoms with van der Waals surface area (Å²) < 4.78 is 32.2. The number of methoxy groups -OCH3 is 1. The zero-order chi connectivity index (χ0) is 11.5. The second-order valence-electron chi connectivity index (χ2n) is 3.44. The number of aryl methyl sites for hydroxylation is 1. The molecule has 1 rings (SSSR count). The van der Waals surface area contributed by atoms with Gasteiger partial charge in [-0.25, -0.2) is 0 Å². The van der Waals surface area contributed by atoms with Gasteiger partial charge in [-0.15, -0.1) is 0 Å². The zero-order valence-electron chi connectivity index (χ0n) is 9.10. The van der Waals surface area contributed by atoms with Crippen LogP contribution in [0.3, 0.4) is 0 Å². The number of likely N-dealkylation sites (N-methyl/N-ethyl adjacent to an activating group) is 1.